The van der Waals surface area contributed by atoms with Gasteiger partial charge in [-0.25, -0.2) is 0 Å². The van der Waals surface area contributed by atoms with E-state index in [2.05, 4.69) is 44.3 Å². The molecular weight excluding hydrogens is 160 g/mol. The maximum atomic E-state index is 2.29. The molecule has 0 aromatic carbocycles. The fraction of sp³-hybridized carbons (Fsp3) is 0.750. The molecule has 2 heteroatoms. The van der Waals surface area contributed by atoms with E-state index in [0.717, 1.165) is 4.58 Å². The summed E-state index contributed by atoms with van der Waals surface area (Å²) in [5.74, 6) is 2.47. The second-order valence-electron chi connectivity index (χ2n) is 2.75. The monoisotopic (exact) mass is 174 g/mol. The van der Waals surface area contributed by atoms with Gasteiger partial charge in [0.15, 0.2) is 0 Å². The van der Waals surface area contributed by atoms with Crippen molar-refractivity contribution in [3.63, 3.8) is 0 Å². The first-order valence-corrected chi connectivity index (χ1v) is 5.68. The molecule has 1 rings (SSSR count). The van der Waals surface area contributed by atoms with E-state index >= 15 is 0 Å². The molecule has 0 aromatic heterocycles. The molecular formula is C8H14S2. The van der Waals surface area contributed by atoms with Gasteiger partial charge in [0.05, 0.1) is 0 Å². The van der Waals surface area contributed by atoms with Crippen molar-refractivity contribution < 1.29 is 0 Å². The third-order valence-corrected chi connectivity index (χ3v) is 4.75. The summed E-state index contributed by atoms with van der Waals surface area (Å²) < 4.78 is 0.785. The van der Waals surface area contributed by atoms with Crippen LogP contribution in [0, 0.1) is 0 Å². The largest absolute Gasteiger partial charge is 0.143 e. The van der Waals surface area contributed by atoms with E-state index in [0.29, 0.717) is 0 Å². The van der Waals surface area contributed by atoms with Crippen LogP contribution < -0.4 is 0 Å². The fourth-order valence-electron chi connectivity index (χ4n) is 0.779. The Balaban J connectivity index is 2.55. The van der Waals surface area contributed by atoms with Crippen LogP contribution in [0.25, 0.3) is 0 Å². The average Bonchev–Trinajstić information content (AvgIpc) is 2.04. The molecule has 0 radical (unpaired) electrons. The molecule has 10 heavy (non-hydrogen) atoms. The van der Waals surface area contributed by atoms with Gasteiger partial charge in [0, 0.05) is 16.1 Å². The van der Waals surface area contributed by atoms with Crippen LogP contribution in [-0.2, 0) is 0 Å². The minimum absolute atomic E-state index is 0.785. The topological polar surface area (TPSA) is 0 Å². The Kier molecular flexibility index (Phi) is 3.18. The van der Waals surface area contributed by atoms with Gasteiger partial charge in [0.1, 0.15) is 0 Å². The van der Waals surface area contributed by atoms with Gasteiger partial charge in [-0.2, -0.15) is 0 Å². The van der Waals surface area contributed by atoms with Crippen molar-refractivity contribution in [2.24, 2.45) is 0 Å². The molecule has 1 heterocycles. The normalized spacial score (nSPS) is 23.1. The Morgan fingerprint density at radius 1 is 1.10 bits per heavy atom. The van der Waals surface area contributed by atoms with Crippen molar-refractivity contribution in [1.82, 2.24) is 0 Å². The molecule has 0 aliphatic carbocycles. The van der Waals surface area contributed by atoms with Gasteiger partial charge >= 0.3 is 0 Å². The molecule has 0 atom stereocenters. The second-order valence-corrected chi connectivity index (χ2v) is 5.71. The van der Waals surface area contributed by atoms with Crippen molar-refractivity contribution in [2.45, 2.75) is 25.4 Å². The highest BCUT2D eigenvalue weighted by atomic mass is 32.2. The highest BCUT2D eigenvalue weighted by Crippen LogP contribution is 2.31. The Morgan fingerprint density at radius 2 is 1.50 bits per heavy atom. The van der Waals surface area contributed by atoms with Crippen molar-refractivity contribution >= 4 is 23.5 Å². The summed E-state index contributed by atoms with van der Waals surface area (Å²) in [6.07, 6.45) is 0. The van der Waals surface area contributed by atoms with Gasteiger partial charge < -0.3 is 0 Å². The molecule has 0 spiro atoms. The van der Waals surface area contributed by atoms with E-state index in [1.54, 1.807) is 11.1 Å². The van der Waals surface area contributed by atoms with Gasteiger partial charge in [-0.3, -0.25) is 0 Å². The molecule has 1 aliphatic heterocycles. The number of hydrogen-bond acceptors (Lipinski definition) is 2. The molecule has 0 N–H and O–H groups in total. The van der Waals surface area contributed by atoms with Crippen molar-refractivity contribution in [2.75, 3.05) is 11.5 Å². The van der Waals surface area contributed by atoms with Crippen LogP contribution in [0.4, 0.5) is 0 Å². The standard InChI is InChI=1S/C8H14S2/c1-6-4-9-8(3)10-5-7(6)2/h8H,4-5H2,1-3H3. The van der Waals surface area contributed by atoms with Crippen LogP contribution in [0.2, 0.25) is 0 Å². The van der Waals surface area contributed by atoms with Gasteiger partial charge in [-0.15, -0.1) is 23.5 Å². The van der Waals surface area contributed by atoms with Gasteiger partial charge in [0.25, 0.3) is 0 Å². The lowest BCUT2D eigenvalue weighted by molar-refractivity contribution is 1.26. The first kappa shape index (κ1) is 8.54. The van der Waals surface area contributed by atoms with Crippen LogP contribution >= 0.6 is 23.5 Å². The third kappa shape index (κ3) is 2.24. The zero-order valence-electron chi connectivity index (χ0n) is 6.81. The number of hydrogen-bond donors (Lipinski definition) is 0. The van der Waals surface area contributed by atoms with E-state index in [-0.39, 0.29) is 0 Å². The molecule has 0 aromatic rings. The summed E-state index contributed by atoms with van der Waals surface area (Å²) in [5.41, 5.74) is 3.17. The molecule has 0 saturated carbocycles. The lowest BCUT2D eigenvalue weighted by Crippen LogP contribution is -1.87. The van der Waals surface area contributed by atoms with Crippen molar-refractivity contribution in [1.29, 1.82) is 0 Å². The van der Waals surface area contributed by atoms with Gasteiger partial charge in [-0.1, -0.05) is 11.1 Å². The Bertz CT molecular complexity index is 133. The number of rotatable bonds is 0. The lowest BCUT2D eigenvalue weighted by Gasteiger charge is -2.03. The maximum Gasteiger partial charge on any atom is 0.0480 e. The van der Waals surface area contributed by atoms with Crippen LogP contribution in [0.15, 0.2) is 11.1 Å². The quantitative estimate of drug-likeness (QED) is 0.517. The van der Waals surface area contributed by atoms with Crippen molar-refractivity contribution in [3.05, 3.63) is 11.1 Å². The molecule has 0 bridgehead atoms. The van der Waals surface area contributed by atoms with Crippen LogP contribution in [-0.4, -0.2) is 16.1 Å². The summed E-state index contributed by atoms with van der Waals surface area (Å²) in [6, 6.07) is 0. The molecule has 0 unspecified atom stereocenters. The second kappa shape index (κ2) is 3.72. The average molecular weight is 174 g/mol. The minimum Gasteiger partial charge on any atom is -0.143 e. The molecule has 0 nitrogen and oxygen atoms in total. The first-order chi connectivity index (χ1) is 4.70. The van der Waals surface area contributed by atoms with Crippen LogP contribution in [0.1, 0.15) is 20.8 Å². The summed E-state index contributed by atoms with van der Waals surface area (Å²) >= 11 is 4.11. The molecule has 1 aliphatic rings. The Labute approximate surface area is 71.8 Å². The third-order valence-electron chi connectivity index (χ3n) is 1.80. The molecule has 58 valence electrons. The minimum atomic E-state index is 0.785. The summed E-state index contributed by atoms with van der Waals surface area (Å²) in [5, 5.41) is 0. The Morgan fingerprint density at radius 3 is 1.90 bits per heavy atom. The smallest absolute Gasteiger partial charge is 0.0480 e. The van der Waals surface area contributed by atoms with E-state index in [4.69, 9.17) is 0 Å². The predicted octanol–water partition coefficient (Wildman–Crippen LogP) is 3.15. The van der Waals surface area contributed by atoms with E-state index in [9.17, 15) is 0 Å². The van der Waals surface area contributed by atoms with Gasteiger partial charge in [0.2, 0.25) is 0 Å². The summed E-state index contributed by atoms with van der Waals surface area (Å²) in [4.78, 5) is 0. The Hall–Kier alpha value is 0.440. The maximum absolute atomic E-state index is 2.29. The fourth-order valence-corrected chi connectivity index (χ4v) is 3.03. The molecule has 0 saturated heterocycles. The molecule has 0 fully saturated rings. The molecule has 0 amide bonds. The first-order valence-electron chi connectivity index (χ1n) is 3.58. The SMILES string of the molecule is CC1=C(C)CSC(C)SC1. The predicted molar refractivity (Wildman–Crippen MR) is 52.8 cm³/mol. The summed E-state index contributed by atoms with van der Waals surface area (Å²) in [7, 11) is 0. The number of thioether (sulfide) groups is 2. The lowest BCUT2D eigenvalue weighted by atomic mass is 10.2. The summed E-state index contributed by atoms with van der Waals surface area (Å²) in [6.45, 7) is 6.79. The highest BCUT2D eigenvalue weighted by Gasteiger charge is 2.09. The van der Waals surface area contributed by atoms with Crippen LogP contribution in [0.5, 0.6) is 0 Å². The van der Waals surface area contributed by atoms with E-state index < -0.39 is 0 Å². The highest BCUT2D eigenvalue weighted by molar-refractivity contribution is 8.17. The van der Waals surface area contributed by atoms with Gasteiger partial charge in [-0.05, 0) is 20.8 Å². The van der Waals surface area contributed by atoms with Crippen molar-refractivity contribution in [3.8, 4) is 0 Å². The zero-order valence-corrected chi connectivity index (χ0v) is 8.44. The van der Waals surface area contributed by atoms with E-state index in [1.807, 2.05) is 0 Å². The van der Waals surface area contributed by atoms with Crippen LogP contribution in [0.3, 0.4) is 0 Å². The van der Waals surface area contributed by atoms with E-state index in [1.165, 1.54) is 11.5 Å². The zero-order chi connectivity index (χ0) is 7.56.